The third-order valence-corrected chi connectivity index (χ3v) is 6.77. The summed E-state index contributed by atoms with van der Waals surface area (Å²) in [6.07, 6.45) is 5.16. The van der Waals surface area contributed by atoms with Gasteiger partial charge in [-0.2, -0.15) is 0 Å². The van der Waals surface area contributed by atoms with Crippen molar-refractivity contribution in [2.45, 2.75) is 51.1 Å². The van der Waals surface area contributed by atoms with Crippen molar-refractivity contribution in [2.24, 2.45) is 7.05 Å². The Labute approximate surface area is 166 Å². The Bertz CT molecular complexity index is 844. The van der Waals surface area contributed by atoms with E-state index in [0.29, 0.717) is 22.3 Å². The van der Waals surface area contributed by atoms with Gasteiger partial charge in [-0.1, -0.05) is 18.2 Å². The fourth-order valence-corrected chi connectivity index (χ4v) is 5.11. The van der Waals surface area contributed by atoms with Gasteiger partial charge in [-0.05, 0) is 45.1 Å². The summed E-state index contributed by atoms with van der Waals surface area (Å²) in [5.74, 6) is 0.493. The van der Waals surface area contributed by atoms with Gasteiger partial charge in [0, 0.05) is 11.9 Å². The van der Waals surface area contributed by atoms with Gasteiger partial charge in [0.15, 0.2) is 5.16 Å². The zero-order valence-electron chi connectivity index (χ0n) is 15.8. The summed E-state index contributed by atoms with van der Waals surface area (Å²) < 4.78 is 7.10. The molecule has 1 aliphatic carbocycles. The average molecular weight is 409 g/mol. The van der Waals surface area contributed by atoms with E-state index in [0.717, 1.165) is 37.1 Å². The number of thioether (sulfide) groups is 1. The summed E-state index contributed by atoms with van der Waals surface area (Å²) in [6, 6.07) is 0. The number of nitrogens with one attached hydrogen (secondary N) is 1. The first-order valence-corrected chi connectivity index (χ1v) is 10.9. The highest BCUT2D eigenvalue weighted by Gasteiger charge is 2.26. The van der Waals surface area contributed by atoms with Crippen molar-refractivity contribution >= 4 is 40.0 Å². The molecule has 27 heavy (non-hydrogen) atoms. The van der Waals surface area contributed by atoms with Crippen molar-refractivity contribution in [2.75, 3.05) is 17.7 Å². The second-order valence-electron chi connectivity index (χ2n) is 6.41. The van der Waals surface area contributed by atoms with Crippen molar-refractivity contribution in [3.63, 3.8) is 0 Å². The highest BCUT2D eigenvalue weighted by atomic mass is 32.2. The van der Waals surface area contributed by atoms with Crippen molar-refractivity contribution in [1.29, 1.82) is 0 Å². The summed E-state index contributed by atoms with van der Waals surface area (Å²) in [4.78, 5) is 26.2. The lowest BCUT2D eigenvalue weighted by Gasteiger charge is -2.08. The Morgan fingerprint density at radius 3 is 2.74 bits per heavy atom. The van der Waals surface area contributed by atoms with E-state index in [9.17, 15) is 9.59 Å². The van der Waals surface area contributed by atoms with Gasteiger partial charge in [0.05, 0.1) is 17.9 Å². The number of aryl methyl sites for hydroxylation is 2. The molecule has 3 rings (SSSR count). The minimum atomic E-state index is -0.344. The maximum atomic E-state index is 12.5. The smallest absolute Gasteiger partial charge is 0.341 e. The molecule has 0 fully saturated rings. The number of hydrogen-bond acceptors (Lipinski definition) is 7. The molecule has 1 amide bonds. The number of carbonyl (C=O) groups excluding carboxylic acids is 2. The van der Waals surface area contributed by atoms with E-state index in [4.69, 9.17) is 4.74 Å². The molecule has 2 aromatic heterocycles. The molecule has 146 valence electrons. The monoisotopic (exact) mass is 408 g/mol. The zero-order valence-corrected chi connectivity index (χ0v) is 17.5. The van der Waals surface area contributed by atoms with Gasteiger partial charge in [-0.3, -0.25) is 4.79 Å². The Morgan fingerprint density at radius 1 is 1.26 bits per heavy atom. The van der Waals surface area contributed by atoms with Crippen LogP contribution in [-0.2, 0) is 29.4 Å². The minimum absolute atomic E-state index is 0.164. The first kappa shape index (κ1) is 19.9. The molecule has 0 radical (unpaired) electrons. The van der Waals surface area contributed by atoms with Crippen LogP contribution in [0.1, 0.15) is 52.8 Å². The van der Waals surface area contributed by atoms with Crippen LogP contribution in [0.25, 0.3) is 0 Å². The molecule has 0 unspecified atom stereocenters. The van der Waals surface area contributed by atoms with E-state index in [1.807, 2.05) is 18.5 Å². The zero-order chi connectivity index (χ0) is 19.4. The molecule has 0 bridgehead atoms. The number of amides is 1. The van der Waals surface area contributed by atoms with Crippen molar-refractivity contribution in [3.8, 4) is 0 Å². The van der Waals surface area contributed by atoms with Gasteiger partial charge >= 0.3 is 5.97 Å². The molecule has 1 aliphatic rings. The Morgan fingerprint density at radius 2 is 2.04 bits per heavy atom. The van der Waals surface area contributed by atoms with Crippen LogP contribution in [0.3, 0.4) is 0 Å². The molecule has 2 heterocycles. The van der Waals surface area contributed by atoms with Crippen LogP contribution in [0.2, 0.25) is 0 Å². The molecule has 0 aliphatic heterocycles. The van der Waals surface area contributed by atoms with E-state index in [-0.39, 0.29) is 17.6 Å². The van der Waals surface area contributed by atoms with E-state index in [2.05, 4.69) is 15.5 Å². The topological polar surface area (TPSA) is 86.1 Å². The lowest BCUT2D eigenvalue weighted by Crippen LogP contribution is -2.17. The molecule has 0 saturated carbocycles. The lowest BCUT2D eigenvalue weighted by molar-refractivity contribution is -0.113. The second-order valence-corrected chi connectivity index (χ2v) is 8.46. The van der Waals surface area contributed by atoms with Gasteiger partial charge in [-0.15, -0.1) is 21.5 Å². The van der Waals surface area contributed by atoms with Gasteiger partial charge < -0.3 is 14.6 Å². The van der Waals surface area contributed by atoms with Crippen LogP contribution in [0.5, 0.6) is 0 Å². The highest BCUT2D eigenvalue weighted by Crippen LogP contribution is 2.38. The first-order valence-electron chi connectivity index (χ1n) is 9.11. The number of thiophene rings is 1. The average Bonchev–Trinajstić information content (AvgIpc) is 3.03. The van der Waals surface area contributed by atoms with Crippen molar-refractivity contribution in [3.05, 3.63) is 21.8 Å². The summed E-state index contributed by atoms with van der Waals surface area (Å²) in [7, 11) is 1.87. The lowest BCUT2D eigenvalue weighted by atomic mass is 10.1. The molecular formula is C18H24N4O3S2. The number of hydrogen-bond donors (Lipinski definition) is 1. The van der Waals surface area contributed by atoms with Crippen LogP contribution in [0, 0.1) is 6.92 Å². The van der Waals surface area contributed by atoms with Crippen molar-refractivity contribution in [1.82, 2.24) is 14.8 Å². The second kappa shape index (κ2) is 8.88. The van der Waals surface area contributed by atoms with Crippen LogP contribution in [-0.4, -0.2) is 39.0 Å². The van der Waals surface area contributed by atoms with Crippen LogP contribution in [0.4, 0.5) is 5.00 Å². The van der Waals surface area contributed by atoms with Gasteiger partial charge in [0.2, 0.25) is 5.91 Å². The molecule has 9 heteroatoms. The number of esters is 1. The molecule has 0 aromatic carbocycles. The van der Waals surface area contributed by atoms with Gasteiger partial charge in [-0.25, -0.2) is 4.79 Å². The third-order valence-electron chi connectivity index (χ3n) is 4.54. The third kappa shape index (κ3) is 4.52. The van der Waals surface area contributed by atoms with E-state index < -0.39 is 0 Å². The van der Waals surface area contributed by atoms with E-state index in [1.54, 1.807) is 6.92 Å². The summed E-state index contributed by atoms with van der Waals surface area (Å²) in [5, 5.41) is 12.3. The van der Waals surface area contributed by atoms with Crippen LogP contribution < -0.4 is 5.32 Å². The number of carbonyl (C=O) groups is 2. The maximum Gasteiger partial charge on any atom is 0.341 e. The molecule has 2 aromatic rings. The fourth-order valence-electron chi connectivity index (χ4n) is 3.06. The first-order chi connectivity index (χ1) is 13.0. The number of fused-ring (bicyclic) bond motifs is 1. The highest BCUT2D eigenvalue weighted by molar-refractivity contribution is 7.99. The Balaban J connectivity index is 1.75. The van der Waals surface area contributed by atoms with Crippen LogP contribution in [0.15, 0.2) is 5.16 Å². The van der Waals surface area contributed by atoms with E-state index >= 15 is 0 Å². The molecule has 0 atom stereocenters. The summed E-state index contributed by atoms with van der Waals surface area (Å²) >= 11 is 2.84. The number of ether oxygens (including phenoxy) is 1. The SMILES string of the molecule is CCOC(=O)c1c(NC(=O)CSc2nnc(C)n2C)sc2c1CCCCC2. The largest absolute Gasteiger partial charge is 0.462 e. The van der Waals surface area contributed by atoms with E-state index in [1.165, 1.54) is 34.4 Å². The van der Waals surface area contributed by atoms with Gasteiger partial charge in [0.25, 0.3) is 0 Å². The Hall–Kier alpha value is -1.87. The number of aromatic nitrogens is 3. The fraction of sp³-hybridized carbons (Fsp3) is 0.556. The predicted molar refractivity (Wildman–Crippen MR) is 107 cm³/mol. The predicted octanol–water partition coefficient (Wildman–Crippen LogP) is 3.36. The minimum Gasteiger partial charge on any atom is -0.462 e. The molecule has 1 N–H and O–H groups in total. The Kier molecular flexibility index (Phi) is 6.54. The van der Waals surface area contributed by atoms with Crippen LogP contribution >= 0.6 is 23.1 Å². The molecule has 7 nitrogen and oxygen atoms in total. The molecule has 0 saturated heterocycles. The normalized spacial score (nSPS) is 13.7. The molecule has 0 spiro atoms. The maximum absolute atomic E-state index is 12.5. The number of anilines is 1. The standard InChI is InChI=1S/C18H24N4O3S2/c1-4-25-17(24)15-12-8-6-5-7-9-13(12)27-16(15)19-14(23)10-26-18-21-20-11(2)22(18)3/h4-10H2,1-3H3,(H,19,23). The summed E-state index contributed by atoms with van der Waals surface area (Å²) in [6.45, 7) is 3.97. The quantitative estimate of drug-likeness (QED) is 0.448. The number of nitrogens with zero attached hydrogens (tertiary/aromatic N) is 3. The molecular weight excluding hydrogens is 384 g/mol. The van der Waals surface area contributed by atoms with Crippen molar-refractivity contribution < 1.29 is 14.3 Å². The van der Waals surface area contributed by atoms with Gasteiger partial charge in [0.1, 0.15) is 10.8 Å². The summed E-state index contributed by atoms with van der Waals surface area (Å²) in [5.41, 5.74) is 1.61. The number of rotatable bonds is 6.